The van der Waals surface area contributed by atoms with Crippen molar-refractivity contribution in [3.8, 4) is 5.75 Å². The SMILES string of the molecule is C[C@H](Oc1ccc(C(C)(C)C)cc1)C(=O)NCC1=CCCCC1. The number of carbonyl (C=O) groups is 1. The van der Waals surface area contributed by atoms with E-state index in [1.807, 2.05) is 12.1 Å². The fraction of sp³-hybridized carbons (Fsp3) is 0.550. The van der Waals surface area contributed by atoms with Gasteiger partial charge >= 0.3 is 0 Å². The van der Waals surface area contributed by atoms with E-state index in [4.69, 9.17) is 4.74 Å². The van der Waals surface area contributed by atoms with Crippen LogP contribution in [0.1, 0.15) is 58.9 Å². The van der Waals surface area contributed by atoms with Crippen molar-refractivity contribution in [2.75, 3.05) is 6.54 Å². The smallest absolute Gasteiger partial charge is 0.261 e. The van der Waals surface area contributed by atoms with Crippen LogP contribution < -0.4 is 10.1 Å². The highest BCUT2D eigenvalue weighted by Gasteiger charge is 2.17. The summed E-state index contributed by atoms with van der Waals surface area (Å²) in [5.41, 5.74) is 2.72. The summed E-state index contributed by atoms with van der Waals surface area (Å²) in [6.07, 6.45) is 6.50. The number of rotatable bonds is 5. The molecule has 0 bridgehead atoms. The van der Waals surface area contributed by atoms with E-state index in [9.17, 15) is 4.79 Å². The van der Waals surface area contributed by atoms with Gasteiger partial charge in [0.1, 0.15) is 5.75 Å². The van der Waals surface area contributed by atoms with Gasteiger partial charge in [-0.1, -0.05) is 44.6 Å². The van der Waals surface area contributed by atoms with Crippen molar-refractivity contribution in [1.29, 1.82) is 0 Å². The lowest BCUT2D eigenvalue weighted by Gasteiger charge is -2.20. The molecule has 0 fully saturated rings. The average Bonchev–Trinajstić information content (AvgIpc) is 2.53. The van der Waals surface area contributed by atoms with Crippen molar-refractivity contribution in [2.45, 2.75) is 64.9 Å². The molecule has 0 saturated heterocycles. The molecule has 1 aliphatic rings. The molecule has 126 valence electrons. The van der Waals surface area contributed by atoms with Crippen molar-refractivity contribution in [2.24, 2.45) is 0 Å². The Balaban J connectivity index is 1.84. The van der Waals surface area contributed by atoms with Crippen LogP contribution >= 0.6 is 0 Å². The third-order valence-electron chi connectivity index (χ3n) is 4.28. The molecule has 3 nitrogen and oxygen atoms in total. The maximum absolute atomic E-state index is 12.2. The van der Waals surface area contributed by atoms with Gasteiger partial charge in [-0.25, -0.2) is 0 Å². The predicted molar refractivity (Wildman–Crippen MR) is 94.8 cm³/mol. The molecule has 0 spiro atoms. The van der Waals surface area contributed by atoms with Crippen LogP contribution in [0, 0.1) is 0 Å². The van der Waals surface area contributed by atoms with E-state index < -0.39 is 6.10 Å². The normalized spacial score (nSPS) is 16.4. The Morgan fingerprint density at radius 3 is 2.48 bits per heavy atom. The van der Waals surface area contributed by atoms with E-state index >= 15 is 0 Å². The quantitative estimate of drug-likeness (QED) is 0.820. The van der Waals surface area contributed by atoms with Gasteiger partial charge in [0.05, 0.1) is 0 Å². The van der Waals surface area contributed by atoms with Crippen molar-refractivity contribution < 1.29 is 9.53 Å². The lowest BCUT2D eigenvalue weighted by atomic mass is 9.87. The number of hydrogen-bond donors (Lipinski definition) is 1. The van der Waals surface area contributed by atoms with Crippen molar-refractivity contribution in [1.82, 2.24) is 5.32 Å². The van der Waals surface area contributed by atoms with Gasteiger partial charge < -0.3 is 10.1 Å². The standard InChI is InChI=1S/C20H29NO2/c1-15(19(22)21-14-16-8-6-5-7-9-16)23-18-12-10-17(11-13-18)20(2,3)4/h8,10-13,15H,5-7,9,14H2,1-4H3,(H,21,22)/t15-/m0/s1. The summed E-state index contributed by atoms with van der Waals surface area (Å²) in [6, 6.07) is 8.00. The molecule has 1 aromatic carbocycles. The van der Waals surface area contributed by atoms with Gasteiger partial charge in [0.25, 0.3) is 5.91 Å². The maximum Gasteiger partial charge on any atom is 0.261 e. The highest BCUT2D eigenvalue weighted by Crippen LogP contribution is 2.24. The van der Waals surface area contributed by atoms with Crippen LogP contribution in [0.5, 0.6) is 5.75 Å². The summed E-state index contributed by atoms with van der Waals surface area (Å²) in [5.74, 6) is 0.675. The molecule has 1 aliphatic carbocycles. The third-order valence-corrected chi connectivity index (χ3v) is 4.28. The van der Waals surface area contributed by atoms with Crippen LogP contribution in [0.2, 0.25) is 0 Å². The molecule has 0 unspecified atom stereocenters. The molecule has 0 radical (unpaired) electrons. The zero-order valence-corrected chi connectivity index (χ0v) is 14.8. The summed E-state index contributed by atoms with van der Waals surface area (Å²) in [7, 11) is 0. The van der Waals surface area contributed by atoms with Gasteiger partial charge in [0.15, 0.2) is 6.10 Å². The first-order valence-corrected chi connectivity index (χ1v) is 8.59. The Morgan fingerprint density at radius 2 is 1.91 bits per heavy atom. The molecule has 1 amide bonds. The van der Waals surface area contributed by atoms with Crippen LogP contribution in [0.3, 0.4) is 0 Å². The summed E-state index contributed by atoms with van der Waals surface area (Å²) in [5, 5.41) is 2.98. The second kappa shape index (κ2) is 7.67. The van der Waals surface area contributed by atoms with Crippen LogP contribution in [0.15, 0.2) is 35.9 Å². The van der Waals surface area contributed by atoms with E-state index in [1.54, 1.807) is 6.92 Å². The number of carbonyl (C=O) groups excluding carboxylic acids is 1. The topological polar surface area (TPSA) is 38.3 Å². The lowest BCUT2D eigenvalue weighted by Crippen LogP contribution is -2.37. The highest BCUT2D eigenvalue weighted by atomic mass is 16.5. The molecule has 0 heterocycles. The molecule has 1 atom stereocenters. The van der Waals surface area contributed by atoms with Gasteiger partial charge in [-0.3, -0.25) is 4.79 Å². The first kappa shape index (κ1) is 17.6. The highest BCUT2D eigenvalue weighted by molar-refractivity contribution is 5.80. The first-order chi connectivity index (χ1) is 10.9. The lowest BCUT2D eigenvalue weighted by molar-refractivity contribution is -0.127. The van der Waals surface area contributed by atoms with Crippen molar-refractivity contribution in [3.63, 3.8) is 0 Å². The average molecular weight is 315 g/mol. The van der Waals surface area contributed by atoms with E-state index in [0.717, 1.165) is 18.6 Å². The van der Waals surface area contributed by atoms with E-state index in [2.05, 4.69) is 44.3 Å². The summed E-state index contributed by atoms with van der Waals surface area (Å²) in [4.78, 5) is 12.2. The Bertz CT molecular complexity index is 552. The minimum atomic E-state index is -0.486. The zero-order chi connectivity index (χ0) is 16.9. The summed E-state index contributed by atoms with van der Waals surface area (Å²) < 4.78 is 5.75. The van der Waals surface area contributed by atoms with Crippen molar-refractivity contribution >= 4 is 5.91 Å². The fourth-order valence-corrected chi connectivity index (χ4v) is 2.70. The summed E-state index contributed by atoms with van der Waals surface area (Å²) >= 11 is 0. The predicted octanol–water partition coefficient (Wildman–Crippen LogP) is 4.37. The Kier molecular flexibility index (Phi) is 5.86. The van der Waals surface area contributed by atoms with Crippen LogP contribution in [-0.2, 0) is 10.2 Å². The molecule has 0 aromatic heterocycles. The second-order valence-corrected chi connectivity index (χ2v) is 7.36. The minimum absolute atomic E-state index is 0.0589. The zero-order valence-electron chi connectivity index (χ0n) is 14.8. The summed E-state index contributed by atoms with van der Waals surface area (Å²) in [6.45, 7) is 8.98. The first-order valence-electron chi connectivity index (χ1n) is 8.59. The number of benzene rings is 1. The Hall–Kier alpha value is -1.77. The van der Waals surface area contributed by atoms with Gasteiger partial charge in [-0.05, 0) is 55.7 Å². The van der Waals surface area contributed by atoms with Gasteiger partial charge in [-0.15, -0.1) is 0 Å². The van der Waals surface area contributed by atoms with E-state index in [0.29, 0.717) is 6.54 Å². The van der Waals surface area contributed by atoms with Gasteiger partial charge in [0.2, 0.25) is 0 Å². The number of amides is 1. The van der Waals surface area contributed by atoms with Crippen LogP contribution in [0.4, 0.5) is 0 Å². The van der Waals surface area contributed by atoms with Gasteiger partial charge in [-0.2, -0.15) is 0 Å². The molecule has 2 rings (SSSR count). The minimum Gasteiger partial charge on any atom is -0.481 e. The molecular weight excluding hydrogens is 286 g/mol. The molecule has 1 N–H and O–H groups in total. The Morgan fingerprint density at radius 1 is 1.22 bits per heavy atom. The molecule has 1 aromatic rings. The van der Waals surface area contributed by atoms with E-state index in [-0.39, 0.29) is 11.3 Å². The van der Waals surface area contributed by atoms with Crippen molar-refractivity contribution in [3.05, 3.63) is 41.5 Å². The largest absolute Gasteiger partial charge is 0.481 e. The number of hydrogen-bond acceptors (Lipinski definition) is 2. The van der Waals surface area contributed by atoms with E-state index in [1.165, 1.54) is 24.0 Å². The Labute approximate surface area is 140 Å². The molecule has 0 aliphatic heterocycles. The molecular formula is C20H29NO2. The second-order valence-electron chi connectivity index (χ2n) is 7.36. The van der Waals surface area contributed by atoms with Gasteiger partial charge in [0, 0.05) is 6.54 Å². The number of allylic oxidation sites excluding steroid dienone is 1. The maximum atomic E-state index is 12.2. The number of ether oxygens (including phenoxy) is 1. The molecule has 23 heavy (non-hydrogen) atoms. The number of nitrogens with one attached hydrogen (secondary N) is 1. The third kappa shape index (κ3) is 5.42. The molecule has 3 heteroatoms. The van der Waals surface area contributed by atoms with Crippen LogP contribution in [0.25, 0.3) is 0 Å². The monoisotopic (exact) mass is 315 g/mol. The fourth-order valence-electron chi connectivity index (χ4n) is 2.70. The van der Waals surface area contributed by atoms with Crippen LogP contribution in [-0.4, -0.2) is 18.6 Å². The molecule has 0 saturated carbocycles.